The van der Waals surface area contributed by atoms with E-state index in [1.807, 2.05) is 24.0 Å². The highest BCUT2D eigenvalue weighted by atomic mass is 32.2. The van der Waals surface area contributed by atoms with Gasteiger partial charge in [0, 0.05) is 25.7 Å². The number of carbonyl (C=O) groups is 1. The van der Waals surface area contributed by atoms with Crippen LogP contribution in [0, 0.1) is 12.8 Å². The zero-order valence-corrected chi connectivity index (χ0v) is 16.9. The second-order valence-electron chi connectivity index (χ2n) is 7.33. The van der Waals surface area contributed by atoms with E-state index in [-0.39, 0.29) is 10.8 Å². The summed E-state index contributed by atoms with van der Waals surface area (Å²) in [7, 11) is -2.21. The van der Waals surface area contributed by atoms with Crippen molar-refractivity contribution in [2.75, 3.05) is 24.4 Å². The first-order chi connectivity index (χ1) is 12.8. The third kappa shape index (κ3) is 4.16. The molecule has 0 aliphatic carbocycles. The Bertz CT molecular complexity index is 923. The molecule has 0 unspecified atom stereocenters. The fourth-order valence-electron chi connectivity index (χ4n) is 3.40. The molecule has 144 valence electrons. The van der Waals surface area contributed by atoms with E-state index in [1.165, 1.54) is 23.5 Å². The quantitative estimate of drug-likeness (QED) is 0.805. The van der Waals surface area contributed by atoms with Gasteiger partial charge in [-0.15, -0.1) is 0 Å². The van der Waals surface area contributed by atoms with Gasteiger partial charge in [0.15, 0.2) is 0 Å². The minimum absolute atomic E-state index is 0.100. The van der Waals surface area contributed by atoms with Crippen LogP contribution in [-0.2, 0) is 10.0 Å². The van der Waals surface area contributed by atoms with Crippen LogP contribution in [0.25, 0.3) is 0 Å². The summed E-state index contributed by atoms with van der Waals surface area (Å²) in [6.45, 7) is 5.54. The van der Waals surface area contributed by atoms with Gasteiger partial charge >= 0.3 is 0 Å². The van der Waals surface area contributed by atoms with Crippen LogP contribution in [-0.4, -0.2) is 39.4 Å². The molecule has 1 fully saturated rings. The standard InChI is InChI=1S/C21H26N2O3S/c1-16-9-11-19(12-10-16)22(3)27(25,26)20-8-4-7-18(14-20)21(24)23-13-5-6-17(2)15-23/h4,7-12,14,17H,5-6,13,15H2,1-3H3/t17-/m1/s1. The van der Waals surface area contributed by atoms with Crippen molar-refractivity contribution >= 4 is 21.6 Å². The first-order valence-corrected chi connectivity index (χ1v) is 10.7. The maximum Gasteiger partial charge on any atom is 0.264 e. The molecule has 0 aromatic heterocycles. The van der Waals surface area contributed by atoms with E-state index < -0.39 is 10.0 Å². The molecule has 1 heterocycles. The molecule has 2 aromatic carbocycles. The van der Waals surface area contributed by atoms with Crippen LogP contribution in [0.3, 0.4) is 0 Å². The normalized spacial score (nSPS) is 17.6. The number of sulfonamides is 1. The first kappa shape index (κ1) is 19.4. The molecule has 1 saturated heterocycles. The van der Waals surface area contributed by atoms with Gasteiger partial charge in [0.25, 0.3) is 15.9 Å². The Morgan fingerprint density at radius 1 is 1.15 bits per heavy atom. The largest absolute Gasteiger partial charge is 0.338 e. The summed E-state index contributed by atoms with van der Waals surface area (Å²) in [5.41, 5.74) is 2.07. The lowest BCUT2D eigenvalue weighted by Gasteiger charge is -2.31. The van der Waals surface area contributed by atoms with E-state index in [2.05, 4.69) is 6.92 Å². The number of likely N-dealkylation sites (tertiary alicyclic amines) is 1. The number of benzene rings is 2. The fraction of sp³-hybridized carbons (Fsp3) is 0.381. The molecule has 27 heavy (non-hydrogen) atoms. The Balaban J connectivity index is 1.87. The maximum absolute atomic E-state index is 13.0. The molecule has 6 heteroatoms. The van der Waals surface area contributed by atoms with Gasteiger partial charge in [0.2, 0.25) is 0 Å². The van der Waals surface area contributed by atoms with Crippen molar-refractivity contribution in [3.8, 4) is 0 Å². The smallest absolute Gasteiger partial charge is 0.264 e. The average Bonchev–Trinajstić information content (AvgIpc) is 2.67. The van der Waals surface area contributed by atoms with Crippen molar-refractivity contribution in [1.29, 1.82) is 0 Å². The third-order valence-corrected chi connectivity index (χ3v) is 6.86. The van der Waals surface area contributed by atoms with Crippen molar-refractivity contribution in [1.82, 2.24) is 4.90 Å². The van der Waals surface area contributed by atoms with Crippen LogP contribution in [0.2, 0.25) is 0 Å². The van der Waals surface area contributed by atoms with Crippen LogP contribution in [0.1, 0.15) is 35.7 Å². The Morgan fingerprint density at radius 2 is 1.85 bits per heavy atom. The highest BCUT2D eigenvalue weighted by Crippen LogP contribution is 2.24. The number of rotatable bonds is 4. The second kappa shape index (κ2) is 7.72. The molecule has 0 bridgehead atoms. The molecule has 1 amide bonds. The van der Waals surface area contributed by atoms with E-state index in [0.29, 0.717) is 17.2 Å². The molecule has 1 aliphatic rings. The van der Waals surface area contributed by atoms with Crippen molar-refractivity contribution in [3.05, 3.63) is 59.7 Å². The Morgan fingerprint density at radius 3 is 2.52 bits per heavy atom. The molecule has 0 radical (unpaired) electrons. The van der Waals surface area contributed by atoms with Gasteiger partial charge in [-0.25, -0.2) is 8.42 Å². The number of hydrogen-bond acceptors (Lipinski definition) is 3. The Kier molecular flexibility index (Phi) is 5.56. The number of amides is 1. The van der Waals surface area contributed by atoms with Crippen molar-refractivity contribution in [3.63, 3.8) is 0 Å². The molecule has 5 nitrogen and oxygen atoms in total. The van der Waals surface area contributed by atoms with Gasteiger partial charge in [-0.2, -0.15) is 0 Å². The summed E-state index contributed by atoms with van der Waals surface area (Å²) in [6, 6.07) is 13.6. The average molecular weight is 387 g/mol. The third-order valence-electron chi connectivity index (χ3n) is 5.08. The first-order valence-electron chi connectivity index (χ1n) is 9.24. The summed E-state index contributed by atoms with van der Waals surface area (Å²) < 4.78 is 27.3. The molecule has 1 aliphatic heterocycles. The maximum atomic E-state index is 13.0. The van der Waals surface area contributed by atoms with Crippen LogP contribution in [0.15, 0.2) is 53.4 Å². The molecule has 1 atom stereocenters. The SMILES string of the molecule is Cc1ccc(N(C)S(=O)(=O)c2cccc(C(=O)N3CCC[C@@H](C)C3)c2)cc1. The summed E-state index contributed by atoms with van der Waals surface area (Å²) >= 11 is 0. The van der Waals surface area contributed by atoms with E-state index in [4.69, 9.17) is 0 Å². The minimum Gasteiger partial charge on any atom is -0.338 e. The highest BCUT2D eigenvalue weighted by Gasteiger charge is 2.25. The lowest BCUT2D eigenvalue weighted by Crippen LogP contribution is -2.39. The fourth-order valence-corrected chi connectivity index (χ4v) is 4.64. The molecular weight excluding hydrogens is 360 g/mol. The van der Waals surface area contributed by atoms with Crippen molar-refractivity contribution in [2.45, 2.75) is 31.6 Å². The van der Waals surface area contributed by atoms with Crippen molar-refractivity contribution in [2.24, 2.45) is 5.92 Å². The van der Waals surface area contributed by atoms with Crippen LogP contribution in [0.4, 0.5) is 5.69 Å². The van der Waals surface area contributed by atoms with E-state index in [0.717, 1.165) is 31.5 Å². The topological polar surface area (TPSA) is 57.7 Å². The number of piperidine rings is 1. The van der Waals surface area contributed by atoms with Gasteiger partial charge in [-0.1, -0.05) is 30.7 Å². The zero-order valence-electron chi connectivity index (χ0n) is 16.1. The summed E-state index contributed by atoms with van der Waals surface area (Å²) in [5, 5.41) is 0. The molecular formula is C21H26N2O3S. The summed E-state index contributed by atoms with van der Waals surface area (Å²) in [6.07, 6.45) is 2.11. The summed E-state index contributed by atoms with van der Waals surface area (Å²) in [5.74, 6) is 0.374. The molecule has 0 N–H and O–H groups in total. The summed E-state index contributed by atoms with van der Waals surface area (Å²) in [4.78, 5) is 14.8. The van der Waals surface area contributed by atoms with Gasteiger partial charge < -0.3 is 4.90 Å². The Labute approximate surface area is 161 Å². The number of nitrogens with zero attached hydrogens (tertiary/aromatic N) is 2. The van der Waals surface area contributed by atoms with Gasteiger partial charge in [0.1, 0.15) is 0 Å². The second-order valence-corrected chi connectivity index (χ2v) is 9.30. The minimum atomic E-state index is -3.74. The zero-order chi connectivity index (χ0) is 19.6. The van der Waals surface area contributed by atoms with Crippen molar-refractivity contribution < 1.29 is 13.2 Å². The monoisotopic (exact) mass is 386 g/mol. The van der Waals surface area contributed by atoms with Crippen LogP contribution >= 0.6 is 0 Å². The van der Waals surface area contributed by atoms with Gasteiger partial charge in [-0.3, -0.25) is 9.10 Å². The number of aryl methyl sites for hydroxylation is 1. The highest BCUT2D eigenvalue weighted by molar-refractivity contribution is 7.92. The predicted molar refractivity (Wildman–Crippen MR) is 108 cm³/mol. The van der Waals surface area contributed by atoms with Gasteiger partial charge in [0.05, 0.1) is 10.6 Å². The molecule has 2 aromatic rings. The van der Waals surface area contributed by atoms with E-state index in [9.17, 15) is 13.2 Å². The predicted octanol–water partition coefficient (Wildman–Crippen LogP) is 3.69. The lowest BCUT2D eigenvalue weighted by molar-refractivity contribution is 0.0683. The number of carbonyl (C=O) groups excluding carboxylic acids is 1. The van der Waals surface area contributed by atoms with Crippen LogP contribution < -0.4 is 4.31 Å². The number of anilines is 1. The number of hydrogen-bond donors (Lipinski definition) is 0. The Hall–Kier alpha value is -2.34. The molecule has 0 spiro atoms. The van der Waals surface area contributed by atoms with Crippen LogP contribution in [0.5, 0.6) is 0 Å². The lowest BCUT2D eigenvalue weighted by atomic mass is 9.99. The molecule has 3 rings (SSSR count). The van der Waals surface area contributed by atoms with E-state index in [1.54, 1.807) is 24.3 Å². The molecule has 0 saturated carbocycles. The van der Waals surface area contributed by atoms with Gasteiger partial charge in [-0.05, 0) is 56.0 Å². The van der Waals surface area contributed by atoms with E-state index >= 15 is 0 Å².